The van der Waals surface area contributed by atoms with E-state index in [1.807, 2.05) is 0 Å². The Balaban J connectivity index is 1.57. The van der Waals surface area contributed by atoms with Crippen LogP contribution < -0.4 is 11.1 Å². The molecule has 0 radical (unpaired) electrons. The molecule has 0 saturated heterocycles. The molecule has 2 aliphatic rings. The van der Waals surface area contributed by atoms with E-state index >= 15 is 0 Å². The average Bonchev–Trinajstić information content (AvgIpc) is 3.44. The maximum atomic E-state index is 12.4. The van der Waals surface area contributed by atoms with E-state index < -0.39 is 30.3 Å². The Kier molecular flexibility index (Phi) is 6.11. The first-order valence-electron chi connectivity index (χ1n) is 10.7. The highest BCUT2D eigenvalue weighted by molar-refractivity contribution is 5.82. The molecule has 2 saturated carbocycles. The smallest absolute Gasteiger partial charge is 0.252 e. The molecular weight excluding hydrogens is 404 g/mol. The van der Waals surface area contributed by atoms with E-state index in [9.17, 15) is 20.1 Å². The molecule has 0 aliphatic heterocycles. The number of carbonyl (C=O) groups is 1. The Bertz CT molecular complexity index is 948. The van der Waals surface area contributed by atoms with Crippen LogP contribution in [0.4, 0.5) is 5.82 Å². The second-order valence-electron chi connectivity index (χ2n) is 8.80. The first kappa shape index (κ1) is 21.9. The van der Waals surface area contributed by atoms with Crippen LogP contribution in [0.25, 0.3) is 11.2 Å². The summed E-state index contributed by atoms with van der Waals surface area (Å²) in [5.41, 5.74) is 5.67. The Morgan fingerprint density at radius 2 is 2.19 bits per heavy atom. The van der Waals surface area contributed by atoms with Crippen LogP contribution >= 0.6 is 0 Å². The lowest BCUT2D eigenvalue weighted by Gasteiger charge is -2.34. The van der Waals surface area contributed by atoms with Crippen molar-refractivity contribution in [2.45, 2.75) is 76.0 Å². The van der Waals surface area contributed by atoms with Gasteiger partial charge in [-0.25, -0.2) is 15.0 Å². The van der Waals surface area contributed by atoms with E-state index in [1.165, 1.54) is 10.9 Å². The first-order chi connectivity index (χ1) is 14.8. The molecule has 0 spiro atoms. The minimum Gasteiger partial charge on any atom is -0.394 e. The van der Waals surface area contributed by atoms with Gasteiger partial charge in [-0.2, -0.15) is 0 Å². The van der Waals surface area contributed by atoms with Crippen LogP contribution in [0.5, 0.6) is 0 Å². The number of anilines is 1. The minimum atomic E-state index is -1.37. The van der Waals surface area contributed by atoms with Gasteiger partial charge in [0.2, 0.25) is 0 Å². The van der Waals surface area contributed by atoms with Crippen molar-refractivity contribution in [3.05, 3.63) is 12.2 Å². The highest BCUT2D eigenvalue weighted by Gasteiger charge is 2.38. The predicted molar refractivity (Wildman–Crippen MR) is 110 cm³/mol. The molecule has 0 bridgehead atoms. The number of aliphatic hydroxyl groups is 3. The molecule has 2 fully saturated rings. The number of amides is 1. The number of carbonyl (C=O) groups excluding carboxylic acids is 1. The van der Waals surface area contributed by atoms with Crippen molar-refractivity contribution >= 4 is 22.9 Å². The van der Waals surface area contributed by atoms with Gasteiger partial charge in [-0.15, -0.1) is 0 Å². The standard InChI is InChI=1S/C20H30N6O5/c1-11-3-2-6-20(30,7-11)19-24-16(21)14-17(25-19)26(9-22-14)10-31-15(13(28)8-27)18(29)23-12-4-5-12/h9,11-13,15,27-28,30H,2-8,10H2,1H3,(H,23,29)(H2,21,24,25)/t11-,13?,15+,20+/m1/s1. The van der Waals surface area contributed by atoms with E-state index in [4.69, 9.17) is 10.5 Å². The third kappa shape index (κ3) is 4.64. The van der Waals surface area contributed by atoms with Crippen LogP contribution in [0.2, 0.25) is 0 Å². The van der Waals surface area contributed by atoms with Gasteiger partial charge in [0.15, 0.2) is 23.4 Å². The number of rotatable bonds is 8. The molecule has 11 heteroatoms. The number of imidazole rings is 1. The fourth-order valence-corrected chi connectivity index (χ4v) is 4.12. The highest BCUT2D eigenvalue weighted by atomic mass is 16.5. The molecular formula is C20H30N6O5. The van der Waals surface area contributed by atoms with Crippen LogP contribution in [0.15, 0.2) is 6.33 Å². The molecule has 4 rings (SSSR count). The van der Waals surface area contributed by atoms with Gasteiger partial charge in [-0.05, 0) is 38.0 Å². The lowest BCUT2D eigenvalue weighted by molar-refractivity contribution is -0.147. The normalized spacial score (nSPS) is 26.0. The monoisotopic (exact) mass is 434 g/mol. The number of nitrogen functional groups attached to an aromatic ring is 1. The van der Waals surface area contributed by atoms with Gasteiger partial charge in [-0.3, -0.25) is 9.36 Å². The number of ether oxygens (including phenoxy) is 1. The summed E-state index contributed by atoms with van der Waals surface area (Å²) in [6.07, 6.45) is 3.64. The molecule has 170 valence electrons. The summed E-state index contributed by atoms with van der Waals surface area (Å²) in [4.78, 5) is 25.5. The maximum Gasteiger partial charge on any atom is 0.252 e. The second kappa shape index (κ2) is 8.65. The molecule has 31 heavy (non-hydrogen) atoms. The summed E-state index contributed by atoms with van der Waals surface area (Å²) in [6.45, 7) is 1.32. The van der Waals surface area contributed by atoms with Crippen molar-refractivity contribution in [1.29, 1.82) is 0 Å². The van der Waals surface area contributed by atoms with Gasteiger partial charge in [0.25, 0.3) is 5.91 Å². The van der Waals surface area contributed by atoms with Gasteiger partial charge in [-0.1, -0.05) is 13.3 Å². The third-order valence-corrected chi connectivity index (χ3v) is 5.99. The zero-order valence-electron chi connectivity index (χ0n) is 17.6. The van der Waals surface area contributed by atoms with Crippen molar-refractivity contribution in [2.24, 2.45) is 5.92 Å². The van der Waals surface area contributed by atoms with Crippen molar-refractivity contribution in [1.82, 2.24) is 24.8 Å². The summed E-state index contributed by atoms with van der Waals surface area (Å²) in [7, 11) is 0. The largest absolute Gasteiger partial charge is 0.394 e. The van der Waals surface area contributed by atoms with E-state index in [0.717, 1.165) is 25.7 Å². The van der Waals surface area contributed by atoms with Gasteiger partial charge >= 0.3 is 0 Å². The zero-order chi connectivity index (χ0) is 22.2. The Morgan fingerprint density at radius 3 is 2.87 bits per heavy atom. The number of fused-ring (bicyclic) bond motifs is 1. The van der Waals surface area contributed by atoms with E-state index in [1.54, 1.807) is 0 Å². The molecule has 11 nitrogen and oxygen atoms in total. The highest BCUT2D eigenvalue weighted by Crippen LogP contribution is 2.39. The molecule has 6 N–H and O–H groups in total. The number of hydrogen-bond acceptors (Lipinski definition) is 9. The fourth-order valence-electron chi connectivity index (χ4n) is 4.12. The number of nitrogens with one attached hydrogen (secondary N) is 1. The van der Waals surface area contributed by atoms with Crippen molar-refractivity contribution in [3.8, 4) is 0 Å². The summed E-state index contributed by atoms with van der Waals surface area (Å²) < 4.78 is 7.18. The van der Waals surface area contributed by atoms with Crippen molar-refractivity contribution < 1.29 is 24.9 Å². The molecule has 2 aromatic rings. The average molecular weight is 434 g/mol. The maximum absolute atomic E-state index is 12.4. The van der Waals surface area contributed by atoms with Gasteiger partial charge in [0.1, 0.15) is 24.0 Å². The van der Waals surface area contributed by atoms with Crippen LogP contribution in [0, 0.1) is 5.92 Å². The number of aliphatic hydroxyl groups excluding tert-OH is 2. The number of aromatic nitrogens is 4. The van der Waals surface area contributed by atoms with E-state index in [0.29, 0.717) is 29.9 Å². The fraction of sp³-hybridized carbons (Fsp3) is 0.700. The van der Waals surface area contributed by atoms with Crippen molar-refractivity contribution in [3.63, 3.8) is 0 Å². The summed E-state index contributed by atoms with van der Waals surface area (Å²) in [5.74, 6) is 0.278. The predicted octanol–water partition coefficient (Wildman–Crippen LogP) is -0.219. The second-order valence-corrected chi connectivity index (χ2v) is 8.80. The van der Waals surface area contributed by atoms with Crippen LogP contribution in [-0.2, 0) is 21.9 Å². The Labute approximate surface area is 179 Å². The van der Waals surface area contributed by atoms with Gasteiger partial charge in [0, 0.05) is 6.04 Å². The molecule has 1 unspecified atom stereocenters. The third-order valence-electron chi connectivity index (χ3n) is 5.99. The zero-order valence-corrected chi connectivity index (χ0v) is 17.6. The minimum absolute atomic E-state index is 0.0901. The summed E-state index contributed by atoms with van der Waals surface area (Å²) in [5, 5.41) is 33.3. The lowest BCUT2D eigenvalue weighted by Crippen LogP contribution is -2.46. The Morgan fingerprint density at radius 1 is 1.42 bits per heavy atom. The Hall–Kier alpha value is -2.34. The molecule has 1 amide bonds. The molecule has 2 aliphatic carbocycles. The number of hydrogen-bond donors (Lipinski definition) is 5. The van der Waals surface area contributed by atoms with Crippen LogP contribution in [-0.4, -0.2) is 65.6 Å². The summed E-state index contributed by atoms with van der Waals surface area (Å²) >= 11 is 0. The summed E-state index contributed by atoms with van der Waals surface area (Å²) in [6, 6.07) is 0.0901. The van der Waals surface area contributed by atoms with Gasteiger partial charge < -0.3 is 31.1 Å². The molecule has 2 aromatic heterocycles. The quantitative estimate of drug-likeness (QED) is 0.377. The van der Waals surface area contributed by atoms with E-state index in [-0.39, 0.29) is 24.4 Å². The molecule has 4 atom stereocenters. The van der Waals surface area contributed by atoms with Crippen LogP contribution in [0.3, 0.4) is 0 Å². The topological polar surface area (TPSA) is 169 Å². The van der Waals surface area contributed by atoms with Gasteiger partial charge in [0.05, 0.1) is 12.9 Å². The van der Waals surface area contributed by atoms with E-state index in [2.05, 4.69) is 27.2 Å². The first-order valence-corrected chi connectivity index (χ1v) is 10.7. The number of nitrogens with zero attached hydrogens (tertiary/aromatic N) is 4. The van der Waals surface area contributed by atoms with Crippen LogP contribution in [0.1, 0.15) is 51.3 Å². The number of nitrogens with two attached hydrogens (primary N) is 1. The SMILES string of the molecule is C[C@@H]1CCC[C@@](O)(c2nc(N)c3ncn(CO[C@H](C(=O)NC4CC4)C(O)CO)c3n2)C1. The van der Waals surface area contributed by atoms with Crippen molar-refractivity contribution in [2.75, 3.05) is 12.3 Å². The molecule has 2 heterocycles. The molecule has 0 aromatic carbocycles. The lowest BCUT2D eigenvalue weighted by atomic mass is 9.78.